The first-order valence-corrected chi connectivity index (χ1v) is 9.39. The number of benzene rings is 2. The molecule has 3 aromatic rings. The average Bonchev–Trinajstić information content (AvgIpc) is 3.33. The van der Waals surface area contributed by atoms with E-state index in [9.17, 15) is 4.79 Å². The lowest BCUT2D eigenvalue weighted by molar-refractivity contribution is -0.111. The molecule has 3 heterocycles. The number of Topliss-reactive ketones (excluding diaryl/α,β-unsaturated/α-hetero) is 1. The van der Waals surface area contributed by atoms with Crippen molar-refractivity contribution in [2.75, 3.05) is 5.01 Å². The molecule has 0 spiro atoms. The SMILES string of the molecule is CC(=O)C1=NN(c2ccc(Cl)cc2)C2c3cccn3C=C(c3ccccc3)N12. The number of hydrogen-bond donors (Lipinski definition) is 0. The van der Waals surface area contributed by atoms with Gasteiger partial charge in [-0.1, -0.05) is 41.9 Å². The van der Waals surface area contributed by atoms with E-state index in [-0.39, 0.29) is 11.9 Å². The average molecular weight is 389 g/mol. The Balaban J connectivity index is 1.71. The molecule has 2 aliphatic heterocycles. The number of hydrazone groups is 1. The van der Waals surface area contributed by atoms with Crippen molar-refractivity contribution >= 4 is 40.8 Å². The van der Waals surface area contributed by atoms with Crippen molar-refractivity contribution in [2.45, 2.75) is 13.1 Å². The van der Waals surface area contributed by atoms with Gasteiger partial charge in [-0.25, -0.2) is 5.01 Å². The van der Waals surface area contributed by atoms with Crippen LogP contribution in [0.2, 0.25) is 5.02 Å². The molecule has 1 atom stereocenters. The minimum absolute atomic E-state index is 0.0803. The van der Waals surface area contributed by atoms with Crippen molar-refractivity contribution in [1.82, 2.24) is 9.47 Å². The van der Waals surface area contributed by atoms with E-state index in [1.54, 1.807) is 6.92 Å². The largest absolute Gasteiger partial charge is 0.322 e. The molecule has 28 heavy (non-hydrogen) atoms. The highest BCUT2D eigenvalue weighted by Gasteiger charge is 2.43. The van der Waals surface area contributed by atoms with Crippen LogP contribution in [0, 0.1) is 0 Å². The van der Waals surface area contributed by atoms with Gasteiger partial charge in [0, 0.05) is 24.3 Å². The highest BCUT2D eigenvalue weighted by atomic mass is 35.5. The molecule has 0 aliphatic carbocycles. The third-order valence-electron chi connectivity index (χ3n) is 4.98. The molecular formula is C22H17ClN4O. The van der Waals surface area contributed by atoms with E-state index >= 15 is 0 Å². The van der Waals surface area contributed by atoms with Gasteiger partial charge in [0.25, 0.3) is 0 Å². The molecule has 0 bridgehead atoms. The first-order chi connectivity index (χ1) is 13.6. The summed E-state index contributed by atoms with van der Waals surface area (Å²) in [5, 5.41) is 7.26. The van der Waals surface area contributed by atoms with E-state index in [2.05, 4.69) is 10.6 Å². The second kappa shape index (κ2) is 6.39. The number of carbonyl (C=O) groups is 1. The fourth-order valence-corrected chi connectivity index (χ4v) is 3.85. The fraction of sp³-hybridized carbons (Fsp3) is 0.0909. The Morgan fingerprint density at radius 2 is 1.75 bits per heavy atom. The highest BCUT2D eigenvalue weighted by Crippen LogP contribution is 2.43. The van der Waals surface area contributed by atoms with E-state index in [4.69, 9.17) is 16.7 Å². The van der Waals surface area contributed by atoms with Crippen LogP contribution in [0.25, 0.3) is 11.9 Å². The molecule has 0 fully saturated rings. The number of halogens is 1. The maximum Gasteiger partial charge on any atom is 0.198 e. The second-order valence-corrected chi connectivity index (χ2v) is 7.20. The number of hydrogen-bond acceptors (Lipinski definition) is 4. The summed E-state index contributed by atoms with van der Waals surface area (Å²) >= 11 is 6.07. The van der Waals surface area contributed by atoms with Crippen LogP contribution in [0.1, 0.15) is 24.3 Å². The molecule has 0 N–H and O–H groups in total. The van der Waals surface area contributed by atoms with Crippen LogP contribution in [-0.2, 0) is 4.79 Å². The summed E-state index contributed by atoms with van der Waals surface area (Å²) in [7, 11) is 0. The predicted octanol–water partition coefficient (Wildman–Crippen LogP) is 4.83. The first-order valence-electron chi connectivity index (χ1n) is 9.01. The normalized spacial score (nSPS) is 17.7. The molecule has 0 saturated heterocycles. The smallest absolute Gasteiger partial charge is 0.198 e. The number of anilines is 1. The number of aromatic nitrogens is 1. The summed E-state index contributed by atoms with van der Waals surface area (Å²) in [4.78, 5) is 14.5. The Bertz CT molecular complexity index is 1110. The summed E-state index contributed by atoms with van der Waals surface area (Å²) in [6, 6.07) is 21.6. The molecule has 5 rings (SSSR count). The number of ketones is 1. The zero-order valence-electron chi connectivity index (χ0n) is 15.2. The van der Waals surface area contributed by atoms with E-state index in [1.165, 1.54) is 0 Å². The van der Waals surface area contributed by atoms with Gasteiger partial charge < -0.3 is 4.57 Å². The third kappa shape index (κ3) is 2.55. The van der Waals surface area contributed by atoms with E-state index in [1.807, 2.05) is 83.0 Å². The lowest BCUT2D eigenvalue weighted by Crippen LogP contribution is -2.39. The maximum atomic E-state index is 12.5. The molecule has 5 nitrogen and oxygen atoms in total. The Morgan fingerprint density at radius 3 is 2.46 bits per heavy atom. The monoisotopic (exact) mass is 388 g/mol. The van der Waals surface area contributed by atoms with Crippen molar-refractivity contribution in [1.29, 1.82) is 0 Å². The molecular weight excluding hydrogens is 372 g/mol. The van der Waals surface area contributed by atoms with Crippen molar-refractivity contribution < 1.29 is 4.79 Å². The van der Waals surface area contributed by atoms with Crippen molar-refractivity contribution in [3.05, 3.63) is 89.2 Å². The Kier molecular flexibility index (Phi) is 3.84. The van der Waals surface area contributed by atoms with Crippen molar-refractivity contribution in [2.24, 2.45) is 5.10 Å². The standard InChI is InChI=1S/C22H17ClN4O/c1-15(28)21-24-27(18-11-9-17(23)10-12-18)22-19-8-5-13-25(19)14-20(26(21)22)16-6-3-2-4-7-16/h2-14,22H,1H3. The first kappa shape index (κ1) is 16.8. The quantitative estimate of drug-likeness (QED) is 0.645. The summed E-state index contributed by atoms with van der Waals surface area (Å²) < 4.78 is 2.09. The van der Waals surface area contributed by atoms with Gasteiger partial charge in [0.1, 0.15) is 0 Å². The van der Waals surface area contributed by atoms with Gasteiger partial charge in [0.2, 0.25) is 0 Å². The Labute approximate surface area is 167 Å². The van der Waals surface area contributed by atoms with Gasteiger partial charge in [0.05, 0.1) is 17.1 Å². The van der Waals surface area contributed by atoms with Gasteiger partial charge in [-0.15, -0.1) is 5.10 Å². The molecule has 2 aliphatic rings. The number of amidine groups is 1. The molecule has 2 aromatic carbocycles. The Morgan fingerprint density at radius 1 is 1.00 bits per heavy atom. The molecule has 138 valence electrons. The van der Waals surface area contributed by atoms with Gasteiger partial charge in [-0.05, 0) is 42.0 Å². The number of rotatable bonds is 3. The van der Waals surface area contributed by atoms with Crippen LogP contribution in [0.4, 0.5) is 5.69 Å². The molecule has 6 heteroatoms. The van der Waals surface area contributed by atoms with Crippen LogP contribution in [0.5, 0.6) is 0 Å². The van der Waals surface area contributed by atoms with Gasteiger partial charge in [-0.3, -0.25) is 9.69 Å². The van der Waals surface area contributed by atoms with Crippen molar-refractivity contribution in [3.63, 3.8) is 0 Å². The van der Waals surface area contributed by atoms with Gasteiger partial charge in [-0.2, -0.15) is 0 Å². The van der Waals surface area contributed by atoms with E-state index in [0.29, 0.717) is 10.9 Å². The highest BCUT2D eigenvalue weighted by molar-refractivity contribution is 6.40. The molecule has 0 radical (unpaired) electrons. The summed E-state index contributed by atoms with van der Waals surface area (Å²) in [5.41, 5.74) is 3.87. The minimum Gasteiger partial charge on any atom is -0.322 e. The zero-order chi connectivity index (χ0) is 19.3. The van der Waals surface area contributed by atoms with Crippen LogP contribution in [0.3, 0.4) is 0 Å². The fourth-order valence-electron chi connectivity index (χ4n) is 3.73. The number of carbonyl (C=O) groups excluding carboxylic acids is 1. The van der Waals surface area contributed by atoms with Crippen LogP contribution in [-0.4, -0.2) is 21.1 Å². The number of fused-ring (bicyclic) bond motifs is 3. The summed E-state index contributed by atoms with van der Waals surface area (Å²) in [6.45, 7) is 1.55. The van der Waals surface area contributed by atoms with E-state index in [0.717, 1.165) is 22.6 Å². The zero-order valence-corrected chi connectivity index (χ0v) is 15.9. The van der Waals surface area contributed by atoms with Gasteiger partial charge >= 0.3 is 0 Å². The lowest BCUT2D eigenvalue weighted by atomic mass is 10.1. The van der Waals surface area contributed by atoms with Crippen molar-refractivity contribution in [3.8, 4) is 0 Å². The second-order valence-electron chi connectivity index (χ2n) is 6.77. The third-order valence-corrected chi connectivity index (χ3v) is 5.23. The van der Waals surface area contributed by atoms with E-state index < -0.39 is 0 Å². The maximum absolute atomic E-state index is 12.5. The van der Waals surface area contributed by atoms with Crippen LogP contribution in [0.15, 0.2) is 78.0 Å². The number of nitrogens with zero attached hydrogens (tertiary/aromatic N) is 4. The van der Waals surface area contributed by atoms with Crippen LogP contribution < -0.4 is 5.01 Å². The predicted molar refractivity (Wildman–Crippen MR) is 112 cm³/mol. The topological polar surface area (TPSA) is 40.8 Å². The Hall–Kier alpha value is -3.31. The minimum atomic E-state index is -0.254. The lowest BCUT2D eigenvalue weighted by Gasteiger charge is -2.36. The van der Waals surface area contributed by atoms with Gasteiger partial charge in [0.15, 0.2) is 17.8 Å². The molecule has 1 unspecified atom stereocenters. The molecule has 0 saturated carbocycles. The molecule has 0 amide bonds. The summed E-state index contributed by atoms with van der Waals surface area (Å²) in [5.74, 6) is 0.339. The molecule has 1 aromatic heterocycles. The van der Waals surface area contributed by atoms with Crippen LogP contribution >= 0.6 is 11.6 Å². The summed E-state index contributed by atoms with van der Waals surface area (Å²) in [6.07, 6.45) is 3.81.